The Labute approximate surface area is 228 Å². The normalized spacial score (nSPS) is 11.1. The first-order valence-electron chi connectivity index (χ1n) is 10.5. The zero-order chi connectivity index (χ0) is 22.4. The molecule has 10 N–H and O–H groups in total. The highest BCUT2D eigenvalue weighted by atomic mass is 35.5. The van der Waals surface area contributed by atoms with E-state index in [2.05, 4.69) is 22.6 Å². The summed E-state index contributed by atoms with van der Waals surface area (Å²) in [4.78, 5) is 23.2. The van der Waals surface area contributed by atoms with Gasteiger partial charge in [0.2, 0.25) is 11.8 Å². The van der Waals surface area contributed by atoms with Gasteiger partial charge in [-0.2, -0.15) is 0 Å². The highest BCUT2D eigenvalue weighted by Crippen LogP contribution is 2.14. The van der Waals surface area contributed by atoms with Crippen LogP contribution < -0.4 is 33.6 Å². The van der Waals surface area contributed by atoms with Crippen molar-refractivity contribution in [3.63, 3.8) is 0 Å². The summed E-state index contributed by atoms with van der Waals surface area (Å²) in [5.74, 6) is 2.29. The van der Waals surface area contributed by atoms with Crippen LogP contribution in [0.3, 0.4) is 0 Å². The van der Waals surface area contributed by atoms with Crippen LogP contribution in [0.25, 0.3) is 0 Å². The SMILES string of the molecule is C#Cc1cc(CCCCNC(=O)C(N)CN)cc(CCCCNC(=O)C(N)CN)c1.Cl.Cl.Cl.Cl. The fourth-order valence-corrected chi connectivity index (χ4v) is 2.94. The molecule has 1 aromatic rings. The van der Waals surface area contributed by atoms with E-state index in [1.807, 2.05) is 12.1 Å². The lowest BCUT2D eigenvalue weighted by Gasteiger charge is -2.11. The van der Waals surface area contributed by atoms with Gasteiger partial charge in [-0.1, -0.05) is 12.0 Å². The molecule has 0 aliphatic rings. The molecular formula is C22H40Cl4N6O2. The third-order valence-corrected chi connectivity index (χ3v) is 4.78. The number of carbonyl (C=O) groups excluding carboxylic acids is 2. The minimum atomic E-state index is -0.648. The van der Waals surface area contributed by atoms with E-state index < -0.39 is 12.1 Å². The highest BCUT2D eigenvalue weighted by Gasteiger charge is 2.10. The van der Waals surface area contributed by atoms with Crippen molar-refractivity contribution < 1.29 is 9.59 Å². The molecule has 2 atom stereocenters. The Morgan fingerprint density at radius 3 is 1.47 bits per heavy atom. The summed E-state index contributed by atoms with van der Waals surface area (Å²) in [6.45, 7) is 1.43. The Bertz CT molecular complexity index is 684. The van der Waals surface area contributed by atoms with Gasteiger partial charge in [0.25, 0.3) is 0 Å². The number of rotatable bonds is 14. The van der Waals surface area contributed by atoms with Gasteiger partial charge in [-0.05, 0) is 61.8 Å². The first kappa shape index (κ1) is 39.9. The molecule has 0 spiro atoms. The molecule has 198 valence electrons. The summed E-state index contributed by atoms with van der Waals surface area (Å²) in [5.41, 5.74) is 25.1. The second-order valence-corrected chi connectivity index (χ2v) is 7.36. The number of hydrogen-bond acceptors (Lipinski definition) is 6. The van der Waals surface area contributed by atoms with Crippen molar-refractivity contribution in [2.45, 2.75) is 50.6 Å². The van der Waals surface area contributed by atoms with Crippen LogP contribution >= 0.6 is 49.6 Å². The zero-order valence-electron chi connectivity index (χ0n) is 19.3. The Morgan fingerprint density at radius 1 is 0.765 bits per heavy atom. The van der Waals surface area contributed by atoms with Crippen LogP contribution in [0.1, 0.15) is 42.4 Å². The number of carbonyl (C=O) groups is 2. The molecule has 0 fully saturated rings. The Morgan fingerprint density at radius 2 is 1.15 bits per heavy atom. The van der Waals surface area contributed by atoms with Crippen molar-refractivity contribution in [1.82, 2.24) is 10.6 Å². The van der Waals surface area contributed by atoms with Gasteiger partial charge in [0.15, 0.2) is 0 Å². The number of nitrogens with one attached hydrogen (secondary N) is 2. The van der Waals surface area contributed by atoms with Gasteiger partial charge in [0.1, 0.15) is 0 Å². The van der Waals surface area contributed by atoms with E-state index >= 15 is 0 Å². The molecule has 2 amide bonds. The van der Waals surface area contributed by atoms with E-state index in [1.165, 1.54) is 11.1 Å². The molecule has 0 heterocycles. The summed E-state index contributed by atoms with van der Waals surface area (Å²) >= 11 is 0. The van der Waals surface area contributed by atoms with E-state index in [-0.39, 0.29) is 74.5 Å². The number of terminal acetylenes is 1. The molecule has 1 aromatic carbocycles. The number of benzene rings is 1. The number of nitrogens with two attached hydrogens (primary N) is 4. The van der Waals surface area contributed by atoms with E-state index in [1.54, 1.807) is 0 Å². The minimum Gasteiger partial charge on any atom is -0.355 e. The lowest BCUT2D eigenvalue weighted by atomic mass is 9.98. The number of amides is 2. The van der Waals surface area contributed by atoms with Crippen LogP contribution in [0.5, 0.6) is 0 Å². The first-order valence-corrected chi connectivity index (χ1v) is 10.5. The third kappa shape index (κ3) is 16.4. The van der Waals surface area contributed by atoms with Crippen molar-refractivity contribution >= 4 is 61.4 Å². The standard InChI is InChI=1S/C22H36N6O2.4ClH/c1-2-16-11-17(7-3-5-9-27-21(29)19(25)14-23)13-18(12-16)8-4-6-10-28-22(30)20(26)15-24;;;;/h1,11-13,19-20H,3-10,14-15,23-26H2,(H,27,29)(H,28,30);4*1H. The second-order valence-electron chi connectivity index (χ2n) is 7.36. The summed E-state index contributed by atoms with van der Waals surface area (Å²) in [5, 5.41) is 5.58. The summed E-state index contributed by atoms with van der Waals surface area (Å²) in [7, 11) is 0. The molecule has 34 heavy (non-hydrogen) atoms. The lowest BCUT2D eigenvalue weighted by Crippen LogP contribution is -2.45. The molecule has 0 radical (unpaired) electrons. The zero-order valence-corrected chi connectivity index (χ0v) is 22.6. The maximum absolute atomic E-state index is 11.6. The summed E-state index contributed by atoms with van der Waals surface area (Å²) in [6.07, 6.45) is 10.9. The molecule has 0 saturated carbocycles. The first-order chi connectivity index (χ1) is 14.4. The fraction of sp³-hybridized carbons (Fsp3) is 0.545. The smallest absolute Gasteiger partial charge is 0.238 e. The monoisotopic (exact) mass is 560 g/mol. The highest BCUT2D eigenvalue weighted by molar-refractivity contribution is 5.86. The maximum atomic E-state index is 11.6. The number of unbranched alkanes of at least 4 members (excludes halogenated alkanes) is 2. The average Bonchev–Trinajstić information content (AvgIpc) is 2.76. The average molecular weight is 562 g/mol. The molecule has 12 heteroatoms. The van der Waals surface area contributed by atoms with Crippen LogP contribution in [0.15, 0.2) is 18.2 Å². The predicted molar refractivity (Wildman–Crippen MR) is 149 cm³/mol. The van der Waals surface area contributed by atoms with E-state index in [0.29, 0.717) is 13.1 Å². The largest absolute Gasteiger partial charge is 0.355 e. The van der Waals surface area contributed by atoms with Crippen LogP contribution in [0, 0.1) is 12.3 Å². The third-order valence-electron chi connectivity index (χ3n) is 4.78. The Balaban J connectivity index is -0.00000112. The molecule has 0 aliphatic heterocycles. The Hall–Kier alpha value is -1.28. The van der Waals surface area contributed by atoms with Gasteiger partial charge in [-0.3, -0.25) is 9.59 Å². The van der Waals surface area contributed by atoms with E-state index in [4.69, 9.17) is 29.4 Å². The quantitative estimate of drug-likeness (QED) is 0.145. The molecule has 0 bridgehead atoms. The maximum Gasteiger partial charge on any atom is 0.238 e. The van der Waals surface area contributed by atoms with Crippen molar-refractivity contribution in [3.05, 3.63) is 34.9 Å². The molecular weight excluding hydrogens is 522 g/mol. The number of halogens is 4. The van der Waals surface area contributed by atoms with E-state index in [9.17, 15) is 9.59 Å². The number of hydrogen-bond donors (Lipinski definition) is 6. The molecule has 0 aliphatic carbocycles. The van der Waals surface area contributed by atoms with Crippen molar-refractivity contribution in [1.29, 1.82) is 0 Å². The van der Waals surface area contributed by atoms with Crippen LogP contribution in [-0.2, 0) is 22.4 Å². The van der Waals surface area contributed by atoms with Crippen LogP contribution in [0.4, 0.5) is 0 Å². The molecule has 2 unspecified atom stereocenters. The van der Waals surface area contributed by atoms with Gasteiger partial charge in [0, 0.05) is 31.7 Å². The minimum absolute atomic E-state index is 0. The van der Waals surface area contributed by atoms with Gasteiger partial charge in [0.05, 0.1) is 12.1 Å². The van der Waals surface area contributed by atoms with Gasteiger partial charge in [-0.15, -0.1) is 56.1 Å². The second kappa shape index (κ2) is 23.5. The molecule has 0 saturated heterocycles. The van der Waals surface area contributed by atoms with Gasteiger partial charge in [-0.25, -0.2) is 0 Å². The fourth-order valence-electron chi connectivity index (χ4n) is 2.94. The summed E-state index contributed by atoms with van der Waals surface area (Å²) < 4.78 is 0. The molecule has 8 nitrogen and oxygen atoms in total. The van der Waals surface area contributed by atoms with Crippen LogP contribution in [-0.4, -0.2) is 50.1 Å². The van der Waals surface area contributed by atoms with E-state index in [0.717, 1.165) is 44.1 Å². The molecule has 0 aromatic heterocycles. The van der Waals surface area contributed by atoms with Crippen molar-refractivity contribution in [3.8, 4) is 12.3 Å². The predicted octanol–water partition coefficient (Wildman–Crippen LogP) is 0.805. The van der Waals surface area contributed by atoms with Crippen LogP contribution in [0.2, 0.25) is 0 Å². The topological polar surface area (TPSA) is 162 Å². The molecule has 1 rings (SSSR count). The summed E-state index contributed by atoms with van der Waals surface area (Å²) in [6, 6.07) is 4.94. The van der Waals surface area contributed by atoms with Gasteiger partial charge < -0.3 is 33.6 Å². The van der Waals surface area contributed by atoms with Crippen molar-refractivity contribution in [2.75, 3.05) is 26.2 Å². The number of aryl methyl sites for hydroxylation is 2. The Kier molecular flexibility index (Phi) is 27.5. The van der Waals surface area contributed by atoms with Crippen molar-refractivity contribution in [2.24, 2.45) is 22.9 Å². The van der Waals surface area contributed by atoms with Gasteiger partial charge >= 0.3 is 0 Å². The lowest BCUT2D eigenvalue weighted by molar-refractivity contribution is -0.122.